The van der Waals surface area contributed by atoms with E-state index in [1.807, 2.05) is 25.2 Å². The first-order valence-electron chi connectivity index (χ1n) is 7.34. The van der Waals surface area contributed by atoms with Crippen molar-refractivity contribution in [3.8, 4) is 0 Å². The van der Waals surface area contributed by atoms with Crippen molar-refractivity contribution in [1.82, 2.24) is 5.32 Å². The van der Waals surface area contributed by atoms with Gasteiger partial charge in [0.25, 0.3) is 0 Å². The van der Waals surface area contributed by atoms with Crippen molar-refractivity contribution in [2.45, 2.75) is 31.7 Å². The minimum Gasteiger partial charge on any atom is -0.317 e. The Morgan fingerprint density at radius 2 is 1.81 bits per heavy atom. The van der Waals surface area contributed by atoms with Crippen LogP contribution in [0.3, 0.4) is 0 Å². The molecule has 0 saturated carbocycles. The van der Waals surface area contributed by atoms with Crippen LogP contribution in [-0.4, -0.2) is 13.1 Å². The molecule has 0 spiro atoms. The molecule has 21 heavy (non-hydrogen) atoms. The molecule has 0 bridgehead atoms. The average Bonchev–Trinajstić information content (AvgIpc) is 2.51. The Balaban J connectivity index is 1.87. The highest BCUT2D eigenvalue weighted by molar-refractivity contribution is 5.20. The second kappa shape index (κ2) is 7.89. The normalized spacial score (nSPS) is 12.3. The lowest BCUT2D eigenvalue weighted by atomic mass is 9.99. The molecule has 0 aliphatic heterocycles. The SMILES string of the molecule is CNC(CCCc1ccccc1)Cc1cc(F)ccc1F. The number of hydrogen-bond acceptors (Lipinski definition) is 1. The fraction of sp³-hybridized carbons (Fsp3) is 0.333. The summed E-state index contributed by atoms with van der Waals surface area (Å²) in [5.41, 5.74) is 1.75. The Hall–Kier alpha value is -1.74. The number of likely N-dealkylation sites (N-methyl/N-ethyl adjacent to an activating group) is 1. The van der Waals surface area contributed by atoms with E-state index < -0.39 is 0 Å². The summed E-state index contributed by atoms with van der Waals surface area (Å²) in [5.74, 6) is -0.717. The highest BCUT2D eigenvalue weighted by Crippen LogP contribution is 2.15. The van der Waals surface area contributed by atoms with Gasteiger partial charge in [-0.05, 0) is 62.1 Å². The van der Waals surface area contributed by atoms with Crippen LogP contribution in [0.25, 0.3) is 0 Å². The molecule has 0 radical (unpaired) electrons. The third-order valence-corrected chi connectivity index (χ3v) is 3.74. The van der Waals surface area contributed by atoms with Crippen molar-refractivity contribution in [3.05, 3.63) is 71.3 Å². The van der Waals surface area contributed by atoms with Crippen LogP contribution in [0.2, 0.25) is 0 Å². The van der Waals surface area contributed by atoms with Gasteiger partial charge in [0.2, 0.25) is 0 Å². The van der Waals surface area contributed by atoms with Crippen molar-refractivity contribution in [2.75, 3.05) is 7.05 Å². The third kappa shape index (κ3) is 4.94. The minimum absolute atomic E-state index is 0.157. The van der Waals surface area contributed by atoms with Gasteiger partial charge in [-0.15, -0.1) is 0 Å². The Kier molecular flexibility index (Phi) is 5.88. The Bertz CT molecular complexity index is 554. The third-order valence-electron chi connectivity index (χ3n) is 3.74. The van der Waals surface area contributed by atoms with Crippen molar-refractivity contribution in [2.24, 2.45) is 0 Å². The Labute approximate surface area is 125 Å². The summed E-state index contributed by atoms with van der Waals surface area (Å²) in [7, 11) is 1.87. The summed E-state index contributed by atoms with van der Waals surface area (Å²) < 4.78 is 26.8. The van der Waals surface area contributed by atoms with Crippen molar-refractivity contribution < 1.29 is 8.78 Å². The maximum atomic E-state index is 13.7. The largest absolute Gasteiger partial charge is 0.317 e. The Morgan fingerprint density at radius 1 is 1.05 bits per heavy atom. The number of benzene rings is 2. The maximum absolute atomic E-state index is 13.7. The van der Waals surface area contributed by atoms with Crippen LogP contribution in [0.4, 0.5) is 8.78 Å². The summed E-state index contributed by atoms with van der Waals surface area (Å²) >= 11 is 0. The molecule has 0 amide bonds. The van der Waals surface area contributed by atoms with Gasteiger partial charge in [0.15, 0.2) is 0 Å². The number of aryl methyl sites for hydroxylation is 1. The summed E-state index contributed by atoms with van der Waals surface area (Å²) in [5, 5.41) is 3.19. The first kappa shape index (κ1) is 15.6. The molecular formula is C18H21F2N. The molecule has 0 aliphatic rings. The first-order valence-corrected chi connectivity index (χ1v) is 7.34. The van der Waals surface area contributed by atoms with Gasteiger partial charge in [0.1, 0.15) is 11.6 Å². The highest BCUT2D eigenvalue weighted by atomic mass is 19.1. The first-order chi connectivity index (χ1) is 10.2. The van der Waals surface area contributed by atoms with Crippen LogP contribution in [0.5, 0.6) is 0 Å². The van der Waals surface area contributed by atoms with Gasteiger partial charge in [0, 0.05) is 6.04 Å². The predicted octanol–water partition coefficient (Wildman–Crippen LogP) is 4.12. The molecule has 112 valence electrons. The van der Waals surface area contributed by atoms with Gasteiger partial charge in [-0.3, -0.25) is 0 Å². The number of hydrogen-bond donors (Lipinski definition) is 1. The van der Waals surface area contributed by atoms with E-state index in [4.69, 9.17) is 0 Å². The van der Waals surface area contributed by atoms with E-state index in [1.165, 1.54) is 17.7 Å². The molecule has 3 heteroatoms. The fourth-order valence-electron chi connectivity index (χ4n) is 2.51. The maximum Gasteiger partial charge on any atom is 0.126 e. The van der Waals surface area contributed by atoms with Crippen LogP contribution in [0.1, 0.15) is 24.0 Å². The predicted molar refractivity (Wildman–Crippen MR) is 82.3 cm³/mol. The molecule has 0 heterocycles. The molecule has 2 rings (SSSR count). The van der Waals surface area contributed by atoms with E-state index in [2.05, 4.69) is 17.4 Å². The van der Waals surface area contributed by atoms with Crippen molar-refractivity contribution in [1.29, 1.82) is 0 Å². The van der Waals surface area contributed by atoms with Crippen LogP contribution in [0.15, 0.2) is 48.5 Å². The molecule has 0 aromatic heterocycles. The van der Waals surface area contributed by atoms with Crippen LogP contribution in [-0.2, 0) is 12.8 Å². The quantitative estimate of drug-likeness (QED) is 0.808. The molecule has 2 aromatic carbocycles. The molecule has 0 aliphatic carbocycles. The molecule has 1 atom stereocenters. The average molecular weight is 289 g/mol. The topological polar surface area (TPSA) is 12.0 Å². The Morgan fingerprint density at radius 3 is 2.52 bits per heavy atom. The molecule has 0 saturated heterocycles. The lowest BCUT2D eigenvalue weighted by Gasteiger charge is -2.16. The fourth-order valence-corrected chi connectivity index (χ4v) is 2.51. The van der Waals surface area contributed by atoms with Crippen molar-refractivity contribution in [3.63, 3.8) is 0 Å². The number of halogens is 2. The molecule has 1 unspecified atom stereocenters. The summed E-state index contributed by atoms with van der Waals surface area (Å²) in [6, 6.07) is 14.1. The summed E-state index contributed by atoms with van der Waals surface area (Å²) in [4.78, 5) is 0. The minimum atomic E-state index is -0.384. The molecule has 0 fully saturated rings. The highest BCUT2D eigenvalue weighted by Gasteiger charge is 2.11. The molecule has 1 N–H and O–H groups in total. The standard InChI is InChI=1S/C18H21F2N/c1-21-17(9-5-8-14-6-3-2-4-7-14)13-15-12-16(19)10-11-18(15)20/h2-4,6-7,10-12,17,21H,5,8-9,13H2,1H3. The second-order valence-electron chi connectivity index (χ2n) is 5.30. The van der Waals surface area contributed by atoms with E-state index in [1.54, 1.807) is 0 Å². The van der Waals surface area contributed by atoms with Gasteiger partial charge in [-0.2, -0.15) is 0 Å². The monoisotopic (exact) mass is 289 g/mol. The second-order valence-corrected chi connectivity index (χ2v) is 5.30. The zero-order valence-corrected chi connectivity index (χ0v) is 12.3. The van der Waals surface area contributed by atoms with Gasteiger partial charge in [0.05, 0.1) is 0 Å². The van der Waals surface area contributed by atoms with Crippen molar-refractivity contribution >= 4 is 0 Å². The summed E-state index contributed by atoms with van der Waals surface area (Å²) in [6.07, 6.45) is 3.47. The molecule has 1 nitrogen and oxygen atoms in total. The zero-order valence-electron chi connectivity index (χ0n) is 12.3. The van der Waals surface area contributed by atoms with Gasteiger partial charge in [-0.25, -0.2) is 8.78 Å². The number of rotatable bonds is 7. The van der Waals surface area contributed by atoms with Crippen LogP contribution < -0.4 is 5.32 Å². The molecule has 2 aromatic rings. The van der Waals surface area contributed by atoms with Gasteiger partial charge < -0.3 is 5.32 Å². The van der Waals surface area contributed by atoms with E-state index in [0.717, 1.165) is 25.3 Å². The number of nitrogens with one attached hydrogen (secondary N) is 1. The smallest absolute Gasteiger partial charge is 0.126 e. The lowest BCUT2D eigenvalue weighted by Crippen LogP contribution is -2.28. The van der Waals surface area contributed by atoms with Gasteiger partial charge in [-0.1, -0.05) is 30.3 Å². The van der Waals surface area contributed by atoms with E-state index in [9.17, 15) is 8.78 Å². The van der Waals surface area contributed by atoms with Gasteiger partial charge >= 0.3 is 0 Å². The van der Waals surface area contributed by atoms with Crippen LogP contribution >= 0.6 is 0 Å². The van der Waals surface area contributed by atoms with E-state index in [-0.39, 0.29) is 17.7 Å². The van der Waals surface area contributed by atoms with E-state index in [0.29, 0.717) is 12.0 Å². The lowest BCUT2D eigenvalue weighted by molar-refractivity contribution is 0.487. The van der Waals surface area contributed by atoms with Crippen LogP contribution in [0, 0.1) is 11.6 Å². The molecular weight excluding hydrogens is 268 g/mol. The zero-order chi connectivity index (χ0) is 15.1. The summed E-state index contributed by atoms with van der Waals surface area (Å²) in [6.45, 7) is 0. The van der Waals surface area contributed by atoms with E-state index >= 15 is 0 Å².